The average molecular weight is 258 g/mol. The van der Waals surface area contributed by atoms with Crippen LogP contribution in [0.3, 0.4) is 0 Å². The maximum absolute atomic E-state index is 11.5. The van der Waals surface area contributed by atoms with Gasteiger partial charge in [-0.15, -0.1) is 0 Å². The van der Waals surface area contributed by atoms with Gasteiger partial charge in [0.1, 0.15) is 0 Å². The third-order valence-electron chi connectivity index (χ3n) is 2.42. The van der Waals surface area contributed by atoms with Crippen molar-refractivity contribution >= 4 is 17.5 Å². The zero-order valence-corrected chi connectivity index (χ0v) is 11.1. The number of rotatable bonds is 5. The van der Waals surface area contributed by atoms with Crippen LogP contribution in [0.4, 0.5) is 5.69 Å². The molecular formula is C15H18N2O2. The van der Waals surface area contributed by atoms with Crippen LogP contribution in [0.2, 0.25) is 0 Å². The van der Waals surface area contributed by atoms with Crippen molar-refractivity contribution in [2.75, 3.05) is 12.4 Å². The number of anilines is 1. The van der Waals surface area contributed by atoms with Crippen LogP contribution in [-0.4, -0.2) is 18.9 Å². The van der Waals surface area contributed by atoms with Crippen molar-refractivity contribution < 1.29 is 9.59 Å². The molecule has 4 heteroatoms. The zero-order chi connectivity index (χ0) is 14.1. The Hall–Kier alpha value is -2.36. The third kappa shape index (κ3) is 5.68. The molecule has 2 N–H and O–H groups in total. The summed E-state index contributed by atoms with van der Waals surface area (Å²) in [5, 5.41) is 5.30. The third-order valence-corrected chi connectivity index (χ3v) is 2.42. The number of amides is 2. The summed E-state index contributed by atoms with van der Waals surface area (Å²) in [6.45, 7) is 1.88. The number of carbonyl (C=O) groups excluding carboxylic acids is 2. The second-order valence-electron chi connectivity index (χ2n) is 3.92. The van der Waals surface area contributed by atoms with E-state index in [0.717, 1.165) is 5.56 Å². The molecule has 1 rings (SSSR count). The van der Waals surface area contributed by atoms with E-state index in [1.165, 1.54) is 6.08 Å². The maximum atomic E-state index is 11.5. The first kappa shape index (κ1) is 14.7. The monoisotopic (exact) mass is 258 g/mol. The summed E-state index contributed by atoms with van der Waals surface area (Å²) >= 11 is 0. The average Bonchev–Trinajstić information content (AvgIpc) is 2.41. The normalized spacial score (nSPS) is 10.8. The van der Waals surface area contributed by atoms with Crippen LogP contribution in [0.25, 0.3) is 0 Å². The van der Waals surface area contributed by atoms with Crippen LogP contribution in [0.15, 0.2) is 48.6 Å². The molecule has 0 saturated heterocycles. The first-order valence-electron chi connectivity index (χ1n) is 6.05. The van der Waals surface area contributed by atoms with E-state index in [1.807, 2.05) is 25.1 Å². The van der Waals surface area contributed by atoms with Gasteiger partial charge < -0.3 is 10.6 Å². The Morgan fingerprint density at radius 3 is 2.42 bits per heavy atom. The predicted molar refractivity (Wildman–Crippen MR) is 76.8 cm³/mol. The maximum Gasteiger partial charge on any atom is 0.248 e. The molecule has 19 heavy (non-hydrogen) atoms. The van der Waals surface area contributed by atoms with Crippen molar-refractivity contribution in [2.45, 2.75) is 13.3 Å². The van der Waals surface area contributed by atoms with Crippen LogP contribution >= 0.6 is 0 Å². The van der Waals surface area contributed by atoms with Crippen molar-refractivity contribution in [3.8, 4) is 0 Å². The van der Waals surface area contributed by atoms with Crippen LogP contribution in [-0.2, 0) is 16.0 Å². The molecule has 0 aromatic heterocycles. The molecular weight excluding hydrogens is 240 g/mol. The Kier molecular flexibility index (Phi) is 6.09. The number of benzene rings is 1. The summed E-state index contributed by atoms with van der Waals surface area (Å²) in [4.78, 5) is 22.7. The molecule has 0 aliphatic heterocycles. The van der Waals surface area contributed by atoms with Crippen LogP contribution in [0, 0.1) is 0 Å². The molecule has 0 bridgehead atoms. The van der Waals surface area contributed by atoms with E-state index in [2.05, 4.69) is 10.6 Å². The number of carbonyl (C=O) groups is 2. The van der Waals surface area contributed by atoms with Gasteiger partial charge in [-0.3, -0.25) is 9.59 Å². The molecule has 0 heterocycles. The summed E-state index contributed by atoms with van der Waals surface area (Å²) < 4.78 is 0. The first-order chi connectivity index (χ1) is 9.15. The van der Waals surface area contributed by atoms with Gasteiger partial charge in [-0.25, -0.2) is 0 Å². The fraction of sp³-hybridized carbons (Fsp3) is 0.200. The van der Waals surface area contributed by atoms with Crippen LogP contribution in [0.1, 0.15) is 12.5 Å². The molecule has 4 nitrogen and oxygen atoms in total. The van der Waals surface area contributed by atoms with E-state index in [-0.39, 0.29) is 11.8 Å². The number of hydrogen-bond acceptors (Lipinski definition) is 2. The summed E-state index contributed by atoms with van der Waals surface area (Å²) in [7, 11) is 1.61. The molecule has 100 valence electrons. The van der Waals surface area contributed by atoms with Crippen molar-refractivity contribution in [3.63, 3.8) is 0 Å². The van der Waals surface area contributed by atoms with E-state index in [0.29, 0.717) is 12.1 Å². The van der Waals surface area contributed by atoms with Crippen molar-refractivity contribution in [1.29, 1.82) is 0 Å². The van der Waals surface area contributed by atoms with Gasteiger partial charge in [-0.05, 0) is 24.6 Å². The second-order valence-corrected chi connectivity index (χ2v) is 3.92. The molecule has 0 aliphatic rings. The molecule has 1 aromatic carbocycles. The summed E-state index contributed by atoms with van der Waals surface area (Å²) in [6, 6.07) is 7.19. The lowest BCUT2D eigenvalue weighted by molar-refractivity contribution is -0.120. The van der Waals surface area contributed by atoms with Crippen LogP contribution in [0.5, 0.6) is 0 Å². The SMILES string of the molecule is C/C=C/C=C/C(=O)Nc1ccc(CC(=O)NC)cc1. The Labute approximate surface area is 113 Å². The van der Waals surface area contributed by atoms with E-state index >= 15 is 0 Å². The van der Waals surface area contributed by atoms with E-state index in [9.17, 15) is 9.59 Å². The topological polar surface area (TPSA) is 58.2 Å². The standard InChI is InChI=1S/C15H18N2O2/c1-3-4-5-6-14(18)17-13-9-7-12(8-10-13)11-15(19)16-2/h3-10H,11H2,1-2H3,(H,16,19)(H,17,18)/b4-3+,6-5+. The van der Waals surface area contributed by atoms with Gasteiger partial charge in [0.25, 0.3) is 0 Å². The molecule has 0 saturated carbocycles. The minimum Gasteiger partial charge on any atom is -0.359 e. The molecule has 0 radical (unpaired) electrons. The highest BCUT2D eigenvalue weighted by Gasteiger charge is 2.01. The first-order valence-corrected chi connectivity index (χ1v) is 6.05. The lowest BCUT2D eigenvalue weighted by atomic mass is 10.1. The van der Waals surface area contributed by atoms with Gasteiger partial charge in [0, 0.05) is 18.8 Å². The van der Waals surface area contributed by atoms with E-state index < -0.39 is 0 Å². The number of allylic oxidation sites excluding steroid dienone is 3. The van der Waals surface area contributed by atoms with Crippen LogP contribution < -0.4 is 10.6 Å². The minimum absolute atomic E-state index is 0.0360. The highest BCUT2D eigenvalue weighted by molar-refractivity contribution is 5.99. The lowest BCUT2D eigenvalue weighted by Crippen LogP contribution is -2.19. The zero-order valence-electron chi connectivity index (χ0n) is 11.1. The number of likely N-dealkylation sites (N-methyl/N-ethyl adjacent to an activating group) is 1. The highest BCUT2D eigenvalue weighted by Crippen LogP contribution is 2.10. The Balaban J connectivity index is 2.57. The Morgan fingerprint density at radius 1 is 1.16 bits per heavy atom. The Bertz CT molecular complexity index is 487. The Morgan fingerprint density at radius 2 is 1.84 bits per heavy atom. The van der Waals surface area contributed by atoms with Gasteiger partial charge in [-0.1, -0.05) is 30.4 Å². The number of hydrogen-bond donors (Lipinski definition) is 2. The van der Waals surface area contributed by atoms with Crippen molar-refractivity contribution in [2.24, 2.45) is 0 Å². The lowest BCUT2D eigenvalue weighted by Gasteiger charge is -2.04. The summed E-state index contributed by atoms with van der Waals surface area (Å²) in [6.07, 6.45) is 7.10. The molecule has 0 spiro atoms. The molecule has 0 fully saturated rings. The van der Waals surface area contributed by atoms with Gasteiger partial charge in [0.15, 0.2) is 0 Å². The van der Waals surface area contributed by atoms with Gasteiger partial charge in [0.05, 0.1) is 6.42 Å². The predicted octanol–water partition coefficient (Wildman–Crippen LogP) is 2.05. The fourth-order valence-corrected chi connectivity index (χ4v) is 1.42. The molecule has 1 aromatic rings. The molecule has 0 unspecified atom stereocenters. The summed E-state index contributed by atoms with van der Waals surface area (Å²) in [5.74, 6) is -0.219. The largest absolute Gasteiger partial charge is 0.359 e. The van der Waals surface area contributed by atoms with E-state index in [4.69, 9.17) is 0 Å². The van der Waals surface area contributed by atoms with Gasteiger partial charge >= 0.3 is 0 Å². The van der Waals surface area contributed by atoms with Crippen molar-refractivity contribution in [1.82, 2.24) is 5.32 Å². The smallest absolute Gasteiger partial charge is 0.248 e. The number of nitrogens with one attached hydrogen (secondary N) is 2. The summed E-state index contributed by atoms with van der Waals surface area (Å²) in [5.41, 5.74) is 1.61. The van der Waals surface area contributed by atoms with Gasteiger partial charge in [-0.2, -0.15) is 0 Å². The quantitative estimate of drug-likeness (QED) is 0.627. The van der Waals surface area contributed by atoms with Crippen molar-refractivity contribution in [3.05, 3.63) is 54.1 Å². The molecule has 0 atom stereocenters. The molecule has 2 amide bonds. The molecule has 0 aliphatic carbocycles. The highest BCUT2D eigenvalue weighted by atomic mass is 16.2. The van der Waals surface area contributed by atoms with E-state index in [1.54, 1.807) is 31.3 Å². The second kappa shape index (κ2) is 7.87. The fourth-order valence-electron chi connectivity index (χ4n) is 1.42. The minimum atomic E-state index is -0.183. The van der Waals surface area contributed by atoms with Gasteiger partial charge in [0.2, 0.25) is 11.8 Å².